The second-order valence-electron chi connectivity index (χ2n) is 2.93. The molecule has 0 aliphatic rings. The van der Waals surface area contributed by atoms with Crippen molar-refractivity contribution in [2.45, 2.75) is 33.3 Å². The molecule has 0 heterocycles. The van der Waals surface area contributed by atoms with E-state index in [-0.39, 0.29) is 0 Å². The van der Waals surface area contributed by atoms with Gasteiger partial charge in [0.1, 0.15) is 5.57 Å². The number of ether oxygens (including phenoxy) is 1. The Morgan fingerprint density at radius 2 is 1.79 bits per heavy atom. The van der Waals surface area contributed by atoms with E-state index in [0.29, 0.717) is 6.08 Å². The smallest absolute Gasteiger partial charge is 0.341 e. The first kappa shape index (κ1) is 12.7. The molecule has 0 spiro atoms. The number of esters is 1. The summed E-state index contributed by atoms with van der Waals surface area (Å²) in [5, 5.41) is 0. The molecule has 0 N–H and O–H groups in total. The van der Waals surface area contributed by atoms with Crippen LogP contribution in [0.2, 0.25) is 0 Å². The molecule has 0 saturated carbocycles. The maximum atomic E-state index is 11.9. The van der Waals surface area contributed by atoms with E-state index in [1.165, 1.54) is 0 Å². The Balaban J connectivity index is 4.68. The van der Waals surface area contributed by atoms with Crippen molar-refractivity contribution in [2.24, 2.45) is 0 Å². The second kappa shape index (κ2) is 5.47. The number of hydrogen-bond acceptors (Lipinski definition) is 3. The van der Waals surface area contributed by atoms with Crippen LogP contribution in [0, 0.1) is 0 Å². The van der Waals surface area contributed by atoms with Gasteiger partial charge in [0.15, 0.2) is 5.78 Å². The van der Waals surface area contributed by atoms with Crippen LogP contribution in [0.25, 0.3) is 0 Å². The van der Waals surface area contributed by atoms with Crippen LogP contribution in [0.5, 0.6) is 0 Å². The zero-order valence-electron chi connectivity index (χ0n) is 8.21. The fourth-order valence-corrected chi connectivity index (χ4v) is 0.733. The second-order valence-corrected chi connectivity index (χ2v) is 2.93. The molecular weight excluding hydrogens is 194 g/mol. The molecule has 80 valence electrons. The van der Waals surface area contributed by atoms with Gasteiger partial charge >= 0.3 is 5.97 Å². The molecule has 0 aliphatic heterocycles. The highest BCUT2D eigenvalue weighted by atomic mass is 19.3. The summed E-state index contributed by atoms with van der Waals surface area (Å²) in [5.74, 6) is -1.73. The van der Waals surface area contributed by atoms with Crippen molar-refractivity contribution in [1.82, 2.24) is 0 Å². The largest absolute Gasteiger partial charge is 0.459 e. The van der Waals surface area contributed by atoms with E-state index in [1.807, 2.05) is 0 Å². The fourth-order valence-electron chi connectivity index (χ4n) is 0.733. The first-order valence-corrected chi connectivity index (χ1v) is 4.06. The average Bonchev–Trinajstić information content (AvgIpc) is 1.97. The van der Waals surface area contributed by atoms with Gasteiger partial charge < -0.3 is 4.74 Å². The minimum Gasteiger partial charge on any atom is -0.459 e. The predicted molar refractivity (Wildman–Crippen MR) is 46.0 cm³/mol. The predicted octanol–water partition coefficient (Wildman–Crippen LogP) is 1.72. The first-order valence-electron chi connectivity index (χ1n) is 4.06. The lowest BCUT2D eigenvalue weighted by Crippen LogP contribution is -2.18. The van der Waals surface area contributed by atoms with Crippen molar-refractivity contribution >= 4 is 11.8 Å². The Labute approximate surface area is 80.7 Å². The van der Waals surface area contributed by atoms with Gasteiger partial charge in [0, 0.05) is 0 Å². The normalized spacial score (nSPS) is 12.1. The summed E-state index contributed by atoms with van der Waals surface area (Å²) in [6.07, 6.45) is -2.98. The highest BCUT2D eigenvalue weighted by Crippen LogP contribution is 2.07. The molecule has 0 fully saturated rings. The Hall–Kier alpha value is -1.26. The molecule has 0 radical (unpaired) electrons. The summed E-state index contributed by atoms with van der Waals surface area (Å²) in [6.45, 7) is 4.17. The van der Waals surface area contributed by atoms with Crippen LogP contribution in [0.3, 0.4) is 0 Å². The van der Waals surface area contributed by atoms with Crippen LogP contribution in [-0.2, 0) is 14.3 Å². The Morgan fingerprint density at radius 3 is 2.07 bits per heavy atom. The molecule has 0 unspecified atom stereocenters. The summed E-state index contributed by atoms with van der Waals surface area (Å²) in [6, 6.07) is 0. The van der Waals surface area contributed by atoms with Gasteiger partial charge in [-0.1, -0.05) is 0 Å². The van der Waals surface area contributed by atoms with Gasteiger partial charge in [-0.15, -0.1) is 0 Å². The maximum absolute atomic E-state index is 11.9. The average molecular weight is 206 g/mol. The molecule has 5 heteroatoms. The van der Waals surface area contributed by atoms with E-state index in [1.54, 1.807) is 13.8 Å². The number of hydrogen-bond donors (Lipinski definition) is 0. The van der Waals surface area contributed by atoms with Crippen LogP contribution >= 0.6 is 0 Å². The highest BCUT2D eigenvalue weighted by molar-refractivity contribution is 6.16. The number of Topliss-reactive ketones (excluding diaryl/α,β-unsaturated/α-hetero) is 1. The molecular formula is C9H12F2O3. The molecule has 14 heavy (non-hydrogen) atoms. The third-order valence-electron chi connectivity index (χ3n) is 1.23. The monoisotopic (exact) mass is 206 g/mol. The lowest BCUT2D eigenvalue weighted by atomic mass is 10.2. The molecule has 0 amide bonds. The van der Waals surface area contributed by atoms with Crippen molar-refractivity contribution in [3.05, 3.63) is 11.6 Å². The minimum atomic E-state index is -2.84. The number of carbonyl (C=O) groups excluding carboxylic acids is 2. The van der Waals surface area contributed by atoms with E-state index >= 15 is 0 Å². The minimum absolute atomic E-state index is 0.299. The summed E-state index contributed by atoms with van der Waals surface area (Å²) < 4.78 is 28.4. The van der Waals surface area contributed by atoms with Crippen LogP contribution in [0.15, 0.2) is 11.6 Å². The van der Waals surface area contributed by atoms with Crippen LogP contribution < -0.4 is 0 Å². The summed E-state index contributed by atoms with van der Waals surface area (Å²) in [7, 11) is 0. The van der Waals surface area contributed by atoms with E-state index in [9.17, 15) is 18.4 Å². The topological polar surface area (TPSA) is 43.4 Å². The Morgan fingerprint density at radius 1 is 1.29 bits per heavy atom. The summed E-state index contributed by atoms with van der Waals surface area (Å²) >= 11 is 0. The third kappa shape index (κ3) is 4.69. The lowest BCUT2D eigenvalue weighted by molar-refractivity contribution is -0.143. The highest BCUT2D eigenvalue weighted by Gasteiger charge is 2.19. The molecule has 0 aliphatic carbocycles. The Kier molecular flexibility index (Phi) is 4.97. The van der Waals surface area contributed by atoms with Gasteiger partial charge in [-0.05, 0) is 26.8 Å². The number of ketones is 1. The van der Waals surface area contributed by atoms with Crippen molar-refractivity contribution < 1.29 is 23.1 Å². The van der Waals surface area contributed by atoms with Crippen LogP contribution in [-0.4, -0.2) is 24.3 Å². The van der Waals surface area contributed by atoms with E-state index in [0.717, 1.165) is 6.92 Å². The molecule has 3 nitrogen and oxygen atoms in total. The first-order chi connectivity index (χ1) is 6.34. The van der Waals surface area contributed by atoms with Gasteiger partial charge in [-0.25, -0.2) is 13.6 Å². The number of halogens is 2. The molecule has 0 bridgehead atoms. The van der Waals surface area contributed by atoms with Gasteiger partial charge in [0.2, 0.25) is 0 Å². The lowest BCUT2D eigenvalue weighted by Gasteiger charge is -2.08. The number of allylic oxidation sites excluding steroid dienone is 1. The van der Waals surface area contributed by atoms with Crippen molar-refractivity contribution in [1.29, 1.82) is 0 Å². The maximum Gasteiger partial charge on any atom is 0.341 e. The van der Waals surface area contributed by atoms with Gasteiger partial charge in [-0.3, -0.25) is 4.79 Å². The van der Waals surface area contributed by atoms with E-state index < -0.39 is 29.9 Å². The number of carbonyl (C=O) groups is 2. The SMILES string of the molecule is CC(=O)/C(=C/C(F)F)C(=O)OC(C)C. The fraction of sp³-hybridized carbons (Fsp3) is 0.556. The zero-order valence-corrected chi connectivity index (χ0v) is 8.21. The molecule has 0 atom stereocenters. The van der Waals surface area contributed by atoms with Gasteiger partial charge in [-0.2, -0.15) is 0 Å². The van der Waals surface area contributed by atoms with E-state index in [2.05, 4.69) is 4.74 Å². The molecule has 0 rings (SSSR count). The standard InChI is InChI=1S/C9H12F2O3/c1-5(2)14-9(13)7(6(3)12)4-8(10)11/h4-5,8H,1-3H3/b7-4-. The third-order valence-corrected chi connectivity index (χ3v) is 1.23. The van der Waals surface area contributed by atoms with Crippen LogP contribution in [0.1, 0.15) is 20.8 Å². The zero-order chi connectivity index (χ0) is 11.3. The van der Waals surface area contributed by atoms with Gasteiger partial charge in [0.05, 0.1) is 6.10 Å². The van der Waals surface area contributed by atoms with Crippen molar-refractivity contribution in [3.8, 4) is 0 Å². The molecule has 0 aromatic rings. The van der Waals surface area contributed by atoms with Gasteiger partial charge in [0.25, 0.3) is 6.43 Å². The van der Waals surface area contributed by atoms with E-state index in [4.69, 9.17) is 0 Å². The number of rotatable bonds is 4. The number of alkyl halides is 2. The molecule has 0 aromatic heterocycles. The molecule has 0 aromatic carbocycles. The molecule has 0 saturated heterocycles. The Bertz CT molecular complexity index is 257. The summed E-state index contributed by atoms with van der Waals surface area (Å²) in [5.41, 5.74) is -0.603. The quantitative estimate of drug-likeness (QED) is 0.304. The van der Waals surface area contributed by atoms with Crippen molar-refractivity contribution in [3.63, 3.8) is 0 Å². The summed E-state index contributed by atoms with van der Waals surface area (Å²) in [4.78, 5) is 21.9. The van der Waals surface area contributed by atoms with Crippen molar-refractivity contribution in [2.75, 3.05) is 0 Å². The van der Waals surface area contributed by atoms with Crippen LogP contribution in [0.4, 0.5) is 8.78 Å².